The molecule has 1 saturated heterocycles. The Kier molecular flexibility index (Phi) is 7.07. The number of aromatic nitrogens is 3. The van der Waals surface area contributed by atoms with Gasteiger partial charge in [-0.15, -0.1) is 0 Å². The van der Waals surface area contributed by atoms with Crippen LogP contribution in [0.4, 0.5) is 0 Å². The fourth-order valence-electron chi connectivity index (χ4n) is 3.22. The van der Waals surface area contributed by atoms with E-state index >= 15 is 0 Å². The van der Waals surface area contributed by atoms with E-state index in [0.717, 1.165) is 18.4 Å². The Morgan fingerprint density at radius 2 is 2.29 bits per heavy atom. The highest BCUT2D eigenvalue weighted by molar-refractivity contribution is 5.79. The maximum absolute atomic E-state index is 12.2. The Hall–Kier alpha value is -2.81. The largest absolute Gasteiger partial charge is 0.375 e. The van der Waals surface area contributed by atoms with Crippen molar-refractivity contribution in [3.8, 4) is 11.4 Å². The normalized spacial score (nSPS) is 19.0. The molecule has 9 nitrogen and oxygen atoms in total. The standard InChI is InChI=1S/C19H25N5O4/c1-27-13-17(26)24-10-3-5-14(6-9-21-16(25)7-11-24)19-22-18(23-28-19)15-4-2-8-20-12-15/h2,4,8,12,14H,3,5-7,9-11,13H2,1H3,(H,21,25). The fraction of sp³-hybridized carbons (Fsp3) is 0.526. The van der Waals surface area contributed by atoms with Crippen LogP contribution in [0.1, 0.15) is 37.5 Å². The van der Waals surface area contributed by atoms with Crippen molar-refractivity contribution < 1.29 is 18.8 Å². The molecule has 150 valence electrons. The lowest BCUT2D eigenvalue weighted by Crippen LogP contribution is -2.37. The van der Waals surface area contributed by atoms with Crippen LogP contribution in [0, 0.1) is 0 Å². The highest BCUT2D eigenvalue weighted by Gasteiger charge is 2.22. The first-order valence-corrected chi connectivity index (χ1v) is 9.44. The summed E-state index contributed by atoms with van der Waals surface area (Å²) in [4.78, 5) is 34.5. The number of carbonyl (C=O) groups excluding carboxylic acids is 2. The quantitative estimate of drug-likeness (QED) is 0.844. The van der Waals surface area contributed by atoms with Crippen LogP contribution in [0.25, 0.3) is 11.4 Å². The SMILES string of the molecule is COCC(=O)N1CCCC(c2nc(-c3cccnc3)no2)CCNC(=O)CC1. The molecule has 0 aliphatic carbocycles. The number of rotatable bonds is 4. The van der Waals surface area contributed by atoms with Crippen LogP contribution in [-0.2, 0) is 14.3 Å². The molecule has 9 heteroatoms. The van der Waals surface area contributed by atoms with Gasteiger partial charge in [-0.25, -0.2) is 0 Å². The first-order chi connectivity index (χ1) is 13.7. The van der Waals surface area contributed by atoms with Crippen LogP contribution in [0.2, 0.25) is 0 Å². The summed E-state index contributed by atoms with van der Waals surface area (Å²) in [5.74, 6) is 0.872. The maximum Gasteiger partial charge on any atom is 0.248 e. The Morgan fingerprint density at radius 3 is 3.07 bits per heavy atom. The summed E-state index contributed by atoms with van der Waals surface area (Å²) in [6, 6.07) is 3.69. The van der Waals surface area contributed by atoms with Gasteiger partial charge in [-0.1, -0.05) is 5.16 Å². The minimum atomic E-state index is -0.109. The lowest BCUT2D eigenvalue weighted by atomic mass is 9.99. The third kappa shape index (κ3) is 5.35. The first-order valence-electron chi connectivity index (χ1n) is 9.44. The summed E-state index contributed by atoms with van der Waals surface area (Å²) < 4.78 is 10.4. The smallest absolute Gasteiger partial charge is 0.248 e. The third-order valence-electron chi connectivity index (χ3n) is 4.74. The second-order valence-corrected chi connectivity index (χ2v) is 6.74. The number of pyridine rings is 1. The number of carbonyl (C=O) groups is 2. The summed E-state index contributed by atoms with van der Waals surface area (Å²) in [7, 11) is 1.49. The van der Waals surface area contributed by atoms with E-state index in [0.29, 0.717) is 37.8 Å². The average Bonchev–Trinajstić information content (AvgIpc) is 3.18. The van der Waals surface area contributed by atoms with E-state index < -0.39 is 0 Å². The molecule has 1 fully saturated rings. The van der Waals surface area contributed by atoms with E-state index in [4.69, 9.17) is 9.26 Å². The lowest BCUT2D eigenvalue weighted by molar-refractivity contribution is -0.135. The molecule has 0 aromatic carbocycles. The van der Waals surface area contributed by atoms with Crippen LogP contribution in [0.5, 0.6) is 0 Å². The molecular formula is C19H25N5O4. The average molecular weight is 387 g/mol. The van der Waals surface area contributed by atoms with Gasteiger partial charge in [0.05, 0.1) is 0 Å². The zero-order valence-corrected chi connectivity index (χ0v) is 16.0. The molecule has 3 heterocycles. The highest BCUT2D eigenvalue weighted by Crippen LogP contribution is 2.26. The number of hydrogen-bond acceptors (Lipinski definition) is 7. The summed E-state index contributed by atoms with van der Waals surface area (Å²) in [5.41, 5.74) is 0.791. The zero-order valence-electron chi connectivity index (χ0n) is 16.0. The van der Waals surface area contributed by atoms with Crippen LogP contribution < -0.4 is 5.32 Å². The second kappa shape index (κ2) is 9.93. The molecule has 2 aromatic heterocycles. The van der Waals surface area contributed by atoms with Gasteiger partial charge in [0.1, 0.15) is 6.61 Å². The van der Waals surface area contributed by atoms with Gasteiger partial charge in [-0.05, 0) is 31.4 Å². The third-order valence-corrected chi connectivity index (χ3v) is 4.74. The molecule has 2 aromatic rings. The summed E-state index contributed by atoms with van der Waals surface area (Å²) in [5, 5.41) is 6.97. The molecule has 3 rings (SSSR count). The van der Waals surface area contributed by atoms with E-state index in [1.807, 2.05) is 12.1 Å². The first kappa shape index (κ1) is 19.9. The number of nitrogens with zero attached hydrogens (tertiary/aromatic N) is 4. The van der Waals surface area contributed by atoms with E-state index in [1.165, 1.54) is 7.11 Å². The van der Waals surface area contributed by atoms with Crippen molar-refractivity contribution in [2.75, 3.05) is 33.4 Å². The van der Waals surface area contributed by atoms with Gasteiger partial charge in [0.15, 0.2) is 0 Å². The van der Waals surface area contributed by atoms with Gasteiger partial charge in [-0.2, -0.15) is 4.98 Å². The molecule has 0 spiro atoms. The van der Waals surface area contributed by atoms with E-state index in [2.05, 4.69) is 20.4 Å². The predicted octanol–water partition coefficient (Wildman–Crippen LogP) is 1.38. The van der Waals surface area contributed by atoms with Gasteiger partial charge in [0.25, 0.3) is 0 Å². The molecule has 0 radical (unpaired) electrons. The van der Waals surface area contributed by atoms with Crippen molar-refractivity contribution in [3.63, 3.8) is 0 Å². The molecule has 0 bridgehead atoms. The van der Waals surface area contributed by atoms with Crippen molar-refractivity contribution in [3.05, 3.63) is 30.4 Å². The van der Waals surface area contributed by atoms with Crippen molar-refractivity contribution in [2.24, 2.45) is 0 Å². The topological polar surface area (TPSA) is 110 Å². The van der Waals surface area contributed by atoms with Crippen molar-refractivity contribution in [1.82, 2.24) is 25.3 Å². The van der Waals surface area contributed by atoms with Crippen molar-refractivity contribution in [1.29, 1.82) is 0 Å². The Bertz CT molecular complexity index is 780. The van der Waals surface area contributed by atoms with Crippen molar-refractivity contribution >= 4 is 11.8 Å². The van der Waals surface area contributed by atoms with Crippen LogP contribution in [0.3, 0.4) is 0 Å². The Morgan fingerprint density at radius 1 is 1.39 bits per heavy atom. The molecule has 1 aliphatic rings. The Labute approximate surface area is 163 Å². The van der Waals surface area contributed by atoms with Gasteiger partial charge in [0.2, 0.25) is 23.5 Å². The van der Waals surface area contributed by atoms with Crippen LogP contribution in [0.15, 0.2) is 29.0 Å². The zero-order chi connectivity index (χ0) is 19.8. The van der Waals surface area contributed by atoms with Gasteiger partial charge < -0.3 is 19.5 Å². The molecule has 2 amide bonds. The molecule has 1 unspecified atom stereocenters. The van der Waals surface area contributed by atoms with Gasteiger partial charge in [-0.3, -0.25) is 14.6 Å². The van der Waals surface area contributed by atoms with Crippen LogP contribution >= 0.6 is 0 Å². The number of methoxy groups -OCH3 is 1. The summed E-state index contributed by atoms with van der Waals surface area (Å²) in [6.07, 6.45) is 5.91. The molecule has 1 atom stereocenters. The van der Waals surface area contributed by atoms with Gasteiger partial charge >= 0.3 is 0 Å². The predicted molar refractivity (Wildman–Crippen MR) is 100 cm³/mol. The number of nitrogens with one attached hydrogen (secondary N) is 1. The molecule has 1 N–H and O–H groups in total. The molecule has 28 heavy (non-hydrogen) atoms. The van der Waals surface area contributed by atoms with Gasteiger partial charge in [0, 0.05) is 57.0 Å². The van der Waals surface area contributed by atoms with Crippen LogP contribution in [-0.4, -0.2) is 65.2 Å². The summed E-state index contributed by atoms with van der Waals surface area (Å²) >= 11 is 0. The van der Waals surface area contributed by atoms with Crippen molar-refractivity contribution in [2.45, 2.75) is 31.6 Å². The minimum Gasteiger partial charge on any atom is -0.375 e. The lowest BCUT2D eigenvalue weighted by Gasteiger charge is -2.22. The molecular weight excluding hydrogens is 362 g/mol. The number of amides is 2. The monoisotopic (exact) mass is 387 g/mol. The van der Waals surface area contributed by atoms with E-state index in [1.54, 1.807) is 17.3 Å². The highest BCUT2D eigenvalue weighted by atomic mass is 16.5. The molecule has 0 saturated carbocycles. The second-order valence-electron chi connectivity index (χ2n) is 6.74. The number of ether oxygens (including phenoxy) is 1. The Balaban J connectivity index is 1.70. The fourth-order valence-corrected chi connectivity index (χ4v) is 3.22. The minimum absolute atomic E-state index is 0.00991. The number of hydrogen-bond donors (Lipinski definition) is 1. The maximum atomic E-state index is 12.2. The van der Waals surface area contributed by atoms with E-state index in [-0.39, 0.29) is 30.8 Å². The molecule has 1 aliphatic heterocycles. The summed E-state index contributed by atoms with van der Waals surface area (Å²) in [6.45, 7) is 1.50. The van der Waals surface area contributed by atoms with E-state index in [9.17, 15) is 9.59 Å².